The molecule has 0 unspecified atom stereocenters. The molecule has 0 aliphatic carbocycles. The topological polar surface area (TPSA) is 22.0 Å². The zero-order chi connectivity index (χ0) is 14.4. The minimum Gasteiger partial charge on any atom is -0.307 e. The van der Waals surface area contributed by atoms with Crippen molar-refractivity contribution >= 4 is 22.5 Å². The first kappa shape index (κ1) is 12.7. The molecule has 0 radical (unpaired) electrons. The second-order valence-electron chi connectivity index (χ2n) is 5.43. The summed E-state index contributed by atoms with van der Waals surface area (Å²) in [4.78, 5) is 12.9. The van der Waals surface area contributed by atoms with Gasteiger partial charge in [-0.1, -0.05) is 60.1 Å². The third-order valence-corrected chi connectivity index (χ3v) is 4.59. The molecule has 2 nitrogen and oxygen atoms in total. The van der Waals surface area contributed by atoms with Gasteiger partial charge in [-0.25, -0.2) is 0 Å². The highest BCUT2D eigenvalue weighted by molar-refractivity contribution is 6.38. The van der Waals surface area contributed by atoms with Gasteiger partial charge in [-0.3, -0.25) is 4.79 Å². The number of pyridine rings is 1. The van der Waals surface area contributed by atoms with Gasteiger partial charge < -0.3 is 4.57 Å². The lowest BCUT2D eigenvalue weighted by molar-refractivity contribution is 0.617. The molecule has 2 heterocycles. The highest BCUT2D eigenvalue weighted by Gasteiger charge is 2.20. The third kappa shape index (κ3) is 1.83. The van der Waals surface area contributed by atoms with Crippen LogP contribution in [0.1, 0.15) is 12.0 Å². The molecule has 2 aromatic carbocycles. The molecular formula is C18H14ClNO. The zero-order valence-electron chi connectivity index (χ0n) is 11.5. The Morgan fingerprint density at radius 1 is 1.00 bits per heavy atom. The van der Waals surface area contributed by atoms with E-state index in [1.165, 1.54) is 5.56 Å². The maximum atomic E-state index is 12.9. The van der Waals surface area contributed by atoms with E-state index in [4.69, 9.17) is 11.6 Å². The first-order chi connectivity index (χ1) is 10.3. The van der Waals surface area contributed by atoms with Gasteiger partial charge in [0.15, 0.2) is 0 Å². The van der Waals surface area contributed by atoms with Crippen molar-refractivity contribution in [2.45, 2.75) is 19.4 Å². The van der Waals surface area contributed by atoms with Gasteiger partial charge in [-0.2, -0.15) is 0 Å². The number of hydrogen-bond acceptors (Lipinski definition) is 1. The molecule has 0 saturated carbocycles. The smallest absolute Gasteiger partial charge is 0.260 e. The Bertz CT molecular complexity index is 896. The molecular weight excluding hydrogens is 282 g/mol. The van der Waals surface area contributed by atoms with Crippen molar-refractivity contribution in [1.29, 1.82) is 0 Å². The van der Waals surface area contributed by atoms with Crippen LogP contribution in [0.15, 0.2) is 53.3 Å². The van der Waals surface area contributed by atoms with E-state index in [0.717, 1.165) is 35.9 Å². The molecule has 1 aromatic heterocycles. The lowest BCUT2D eigenvalue weighted by atomic mass is 9.98. The molecule has 0 saturated heterocycles. The first-order valence-corrected chi connectivity index (χ1v) is 7.54. The summed E-state index contributed by atoms with van der Waals surface area (Å²) >= 11 is 6.59. The van der Waals surface area contributed by atoms with Crippen molar-refractivity contribution in [3.05, 3.63) is 69.5 Å². The van der Waals surface area contributed by atoms with E-state index in [0.29, 0.717) is 10.6 Å². The van der Waals surface area contributed by atoms with Crippen molar-refractivity contribution in [2.24, 2.45) is 0 Å². The molecule has 0 N–H and O–H groups in total. The average Bonchev–Trinajstić information content (AvgIpc) is 2.54. The van der Waals surface area contributed by atoms with E-state index < -0.39 is 0 Å². The maximum absolute atomic E-state index is 12.9. The fraction of sp³-hybridized carbons (Fsp3) is 0.167. The Balaban J connectivity index is 2.18. The van der Waals surface area contributed by atoms with Gasteiger partial charge in [0.2, 0.25) is 0 Å². The summed E-state index contributed by atoms with van der Waals surface area (Å²) in [5.41, 5.74) is 3.75. The normalized spacial score (nSPS) is 13.6. The SMILES string of the molecule is O=c1c(-c2ccccc2)c(Cl)c2cccc3c2n1CCC3. The summed E-state index contributed by atoms with van der Waals surface area (Å²) < 4.78 is 1.89. The van der Waals surface area contributed by atoms with E-state index in [9.17, 15) is 4.79 Å². The molecule has 0 atom stereocenters. The number of halogens is 1. The molecule has 0 amide bonds. The number of rotatable bonds is 1. The summed E-state index contributed by atoms with van der Waals surface area (Å²) in [6.07, 6.45) is 2.01. The maximum Gasteiger partial charge on any atom is 0.260 e. The number of aromatic nitrogens is 1. The van der Waals surface area contributed by atoms with Crippen LogP contribution >= 0.6 is 11.6 Å². The van der Waals surface area contributed by atoms with Crippen LogP contribution in [0.2, 0.25) is 5.02 Å². The monoisotopic (exact) mass is 295 g/mol. The molecule has 21 heavy (non-hydrogen) atoms. The summed E-state index contributed by atoms with van der Waals surface area (Å²) in [5.74, 6) is 0. The standard InChI is InChI=1S/C18H14ClNO/c19-16-14-10-4-8-13-9-5-11-20(17(13)14)18(21)15(16)12-6-2-1-3-7-12/h1-4,6-8,10H,5,9,11H2. The largest absolute Gasteiger partial charge is 0.307 e. The van der Waals surface area contributed by atoms with Gasteiger partial charge in [-0.15, -0.1) is 0 Å². The number of nitrogens with zero attached hydrogens (tertiary/aromatic N) is 1. The van der Waals surface area contributed by atoms with Crippen molar-refractivity contribution in [1.82, 2.24) is 4.57 Å². The number of para-hydroxylation sites is 1. The second-order valence-corrected chi connectivity index (χ2v) is 5.81. The van der Waals surface area contributed by atoms with Crippen LogP contribution in [-0.2, 0) is 13.0 Å². The van der Waals surface area contributed by atoms with Crippen LogP contribution in [0.25, 0.3) is 22.0 Å². The Labute approximate surface area is 127 Å². The Kier molecular flexibility index (Phi) is 2.86. The fourth-order valence-corrected chi connectivity index (χ4v) is 3.59. The van der Waals surface area contributed by atoms with Crippen LogP contribution in [0.5, 0.6) is 0 Å². The lowest BCUT2D eigenvalue weighted by Gasteiger charge is -2.21. The van der Waals surface area contributed by atoms with Crippen molar-refractivity contribution in [3.63, 3.8) is 0 Å². The van der Waals surface area contributed by atoms with E-state index in [-0.39, 0.29) is 5.56 Å². The van der Waals surface area contributed by atoms with Gasteiger partial charge in [0.1, 0.15) is 0 Å². The Morgan fingerprint density at radius 3 is 2.62 bits per heavy atom. The van der Waals surface area contributed by atoms with Crippen molar-refractivity contribution in [3.8, 4) is 11.1 Å². The van der Waals surface area contributed by atoms with Crippen molar-refractivity contribution < 1.29 is 0 Å². The Morgan fingerprint density at radius 2 is 1.81 bits per heavy atom. The quantitative estimate of drug-likeness (QED) is 0.657. The van der Waals surface area contributed by atoms with Gasteiger partial charge >= 0.3 is 0 Å². The molecule has 0 spiro atoms. The van der Waals surface area contributed by atoms with Gasteiger partial charge in [-0.05, 0) is 24.0 Å². The van der Waals surface area contributed by atoms with Gasteiger partial charge in [0.05, 0.1) is 16.1 Å². The van der Waals surface area contributed by atoms with Crippen molar-refractivity contribution in [2.75, 3.05) is 0 Å². The highest BCUT2D eigenvalue weighted by atomic mass is 35.5. The van der Waals surface area contributed by atoms with Crippen LogP contribution < -0.4 is 5.56 Å². The minimum absolute atomic E-state index is 0.0193. The Hall–Kier alpha value is -2.06. The van der Waals surface area contributed by atoms with E-state index in [1.54, 1.807) is 0 Å². The fourth-order valence-electron chi connectivity index (χ4n) is 3.25. The predicted molar refractivity (Wildman–Crippen MR) is 87.0 cm³/mol. The molecule has 104 valence electrons. The van der Waals surface area contributed by atoms with E-state index in [2.05, 4.69) is 6.07 Å². The lowest BCUT2D eigenvalue weighted by Crippen LogP contribution is -2.26. The third-order valence-electron chi connectivity index (χ3n) is 4.19. The number of hydrogen-bond donors (Lipinski definition) is 0. The number of benzene rings is 2. The summed E-state index contributed by atoms with van der Waals surface area (Å²) in [5, 5.41) is 1.55. The summed E-state index contributed by atoms with van der Waals surface area (Å²) in [6, 6.07) is 15.8. The summed E-state index contributed by atoms with van der Waals surface area (Å²) in [6.45, 7) is 0.767. The predicted octanol–water partition coefficient (Wildman–Crippen LogP) is 4.27. The van der Waals surface area contributed by atoms with E-state index >= 15 is 0 Å². The highest BCUT2D eigenvalue weighted by Crippen LogP contribution is 2.34. The van der Waals surface area contributed by atoms with Crippen LogP contribution in [0.4, 0.5) is 0 Å². The molecule has 3 heteroatoms. The van der Waals surface area contributed by atoms with Crippen LogP contribution in [0.3, 0.4) is 0 Å². The van der Waals surface area contributed by atoms with Gasteiger partial charge in [0.25, 0.3) is 5.56 Å². The second kappa shape index (κ2) is 4.74. The van der Waals surface area contributed by atoms with Crippen LogP contribution in [0, 0.1) is 0 Å². The minimum atomic E-state index is 0.0193. The molecule has 0 bridgehead atoms. The molecule has 3 aromatic rings. The summed E-state index contributed by atoms with van der Waals surface area (Å²) in [7, 11) is 0. The molecule has 4 rings (SSSR count). The zero-order valence-corrected chi connectivity index (χ0v) is 12.2. The average molecular weight is 296 g/mol. The number of aryl methyl sites for hydroxylation is 2. The van der Waals surface area contributed by atoms with Gasteiger partial charge in [0, 0.05) is 11.9 Å². The van der Waals surface area contributed by atoms with Crippen LogP contribution in [-0.4, -0.2) is 4.57 Å². The molecule has 1 aliphatic rings. The molecule has 1 aliphatic heterocycles. The molecule has 0 fully saturated rings. The van der Waals surface area contributed by atoms with E-state index in [1.807, 2.05) is 47.0 Å². The first-order valence-electron chi connectivity index (χ1n) is 7.16.